The molecule has 0 aliphatic heterocycles. The topological polar surface area (TPSA) is 49.3 Å². The average molecular weight is 314 g/mol. The van der Waals surface area contributed by atoms with Crippen molar-refractivity contribution in [2.75, 3.05) is 0 Å². The van der Waals surface area contributed by atoms with Gasteiger partial charge in [-0.15, -0.1) is 0 Å². The maximum atomic E-state index is 11.8. The van der Waals surface area contributed by atoms with E-state index in [0.717, 1.165) is 5.56 Å². The van der Waals surface area contributed by atoms with Gasteiger partial charge in [-0.05, 0) is 36.3 Å². The summed E-state index contributed by atoms with van der Waals surface area (Å²) in [5.74, 6) is -0.189. The van der Waals surface area contributed by atoms with Crippen LogP contribution in [0.5, 0.6) is 0 Å². The highest BCUT2D eigenvalue weighted by Crippen LogP contribution is 2.40. The lowest BCUT2D eigenvalue weighted by molar-refractivity contribution is -0.124. The molecular weight excluding hydrogens is 297 g/mol. The number of halogens is 2. The Morgan fingerprint density at radius 2 is 1.95 bits per heavy atom. The summed E-state index contributed by atoms with van der Waals surface area (Å²) in [6, 6.07) is 5.10. The molecule has 1 fully saturated rings. The number of rotatable bonds is 3. The van der Waals surface area contributed by atoms with Gasteiger partial charge < -0.3 is 10.4 Å². The predicted octanol–water partition coefficient (Wildman–Crippen LogP) is 3.28. The van der Waals surface area contributed by atoms with Gasteiger partial charge in [0.15, 0.2) is 0 Å². The number of hydrogen-bond donors (Lipinski definition) is 2. The first-order chi connectivity index (χ1) is 9.29. The Labute approximate surface area is 128 Å². The van der Waals surface area contributed by atoms with Gasteiger partial charge in [-0.25, -0.2) is 0 Å². The van der Waals surface area contributed by atoms with Gasteiger partial charge in [-0.2, -0.15) is 0 Å². The fourth-order valence-corrected chi connectivity index (χ4v) is 2.75. The van der Waals surface area contributed by atoms with Crippen LogP contribution in [0.15, 0.2) is 24.3 Å². The molecule has 2 rings (SSSR count). The van der Waals surface area contributed by atoms with Crippen molar-refractivity contribution in [3.8, 4) is 0 Å². The van der Waals surface area contributed by atoms with Crippen LogP contribution in [-0.4, -0.2) is 23.2 Å². The zero-order chi connectivity index (χ0) is 14.9. The Morgan fingerprint density at radius 3 is 2.45 bits per heavy atom. The molecule has 0 radical (unpaired) electrons. The first-order valence-electron chi connectivity index (χ1n) is 6.42. The molecule has 0 heterocycles. The molecule has 20 heavy (non-hydrogen) atoms. The van der Waals surface area contributed by atoms with E-state index in [1.54, 1.807) is 24.3 Å². The van der Waals surface area contributed by atoms with Gasteiger partial charge in [-0.3, -0.25) is 4.79 Å². The summed E-state index contributed by atoms with van der Waals surface area (Å²) in [4.78, 5) is 11.8. The molecule has 2 unspecified atom stereocenters. The van der Waals surface area contributed by atoms with Crippen molar-refractivity contribution in [1.29, 1.82) is 0 Å². The first kappa shape index (κ1) is 15.4. The molecule has 1 saturated carbocycles. The highest BCUT2D eigenvalue weighted by Gasteiger charge is 2.47. The molecule has 3 nitrogen and oxygen atoms in total. The second-order valence-electron chi connectivity index (χ2n) is 5.67. The van der Waals surface area contributed by atoms with E-state index in [0.29, 0.717) is 16.5 Å². The van der Waals surface area contributed by atoms with Gasteiger partial charge in [0.1, 0.15) is 0 Å². The van der Waals surface area contributed by atoms with Gasteiger partial charge in [0.25, 0.3) is 0 Å². The monoisotopic (exact) mass is 313 g/mol. The average Bonchev–Trinajstić information content (AvgIpc) is 2.35. The maximum absolute atomic E-state index is 11.8. The Bertz CT molecular complexity index is 535. The summed E-state index contributed by atoms with van der Waals surface area (Å²) in [7, 11) is 0. The minimum Gasteiger partial charge on any atom is -0.392 e. The maximum Gasteiger partial charge on any atom is 0.244 e. The number of hydrogen-bond acceptors (Lipinski definition) is 2. The van der Waals surface area contributed by atoms with E-state index < -0.39 is 0 Å². The minimum absolute atomic E-state index is 0.00222. The lowest BCUT2D eigenvalue weighted by atomic mass is 9.64. The van der Waals surface area contributed by atoms with Crippen LogP contribution < -0.4 is 5.32 Å². The molecule has 1 amide bonds. The lowest BCUT2D eigenvalue weighted by Gasteiger charge is -2.49. The Hall–Kier alpha value is -1.03. The Morgan fingerprint density at radius 1 is 1.35 bits per heavy atom. The van der Waals surface area contributed by atoms with E-state index in [1.165, 1.54) is 6.08 Å². The van der Waals surface area contributed by atoms with Crippen molar-refractivity contribution in [3.05, 3.63) is 39.9 Å². The van der Waals surface area contributed by atoms with Crippen molar-refractivity contribution in [2.45, 2.75) is 32.4 Å². The van der Waals surface area contributed by atoms with Gasteiger partial charge >= 0.3 is 0 Å². The van der Waals surface area contributed by atoms with E-state index in [9.17, 15) is 9.90 Å². The quantitative estimate of drug-likeness (QED) is 0.841. The second kappa shape index (κ2) is 5.76. The summed E-state index contributed by atoms with van der Waals surface area (Å²) in [6.07, 6.45) is 3.34. The van der Waals surface area contributed by atoms with Crippen LogP contribution in [0.4, 0.5) is 0 Å². The molecule has 2 atom stereocenters. The van der Waals surface area contributed by atoms with Gasteiger partial charge in [0, 0.05) is 27.6 Å². The van der Waals surface area contributed by atoms with Crippen LogP contribution in [0.2, 0.25) is 10.0 Å². The molecule has 0 bridgehead atoms. The third-order valence-corrected chi connectivity index (χ3v) is 4.28. The van der Waals surface area contributed by atoms with Crippen LogP contribution in [0, 0.1) is 5.41 Å². The van der Waals surface area contributed by atoms with E-state index in [2.05, 4.69) is 5.32 Å². The number of amides is 1. The number of carbonyl (C=O) groups excluding carboxylic acids is 1. The van der Waals surface area contributed by atoms with E-state index >= 15 is 0 Å². The zero-order valence-corrected chi connectivity index (χ0v) is 12.9. The molecule has 5 heteroatoms. The van der Waals surface area contributed by atoms with Crippen molar-refractivity contribution in [1.82, 2.24) is 5.32 Å². The molecule has 0 saturated heterocycles. The minimum atomic E-state index is -0.358. The smallest absolute Gasteiger partial charge is 0.244 e. The Balaban J connectivity index is 1.96. The van der Waals surface area contributed by atoms with E-state index in [1.807, 2.05) is 13.8 Å². The fraction of sp³-hybridized carbons (Fsp3) is 0.400. The van der Waals surface area contributed by atoms with Gasteiger partial charge in [0.2, 0.25) is 5.91 Å². The number of aliphatic hydroxyl groups is 1. The largest absolute Gasteiger partial charge is 0.392 e. The first-order valence-corrected chi connectivity index (χ1v) is 7.17. The van der Waals surface area contributed by atoms with Gasteiger partial charge in [0.05, 0.1) is 6.10 Å². The number of benzene rings is 1. The molecule has 1 aromatic carbocycles. The highest BCUT2D eigenvalue weighted by molar-refractivity contribution is 6.34. The summed E-state index contributed by atoms with van der Waals surface area (Å²) in [5, 5.41) is 13.6. The number of nitrogens with one attached hydrogen (secondary N) is 1. The molecule has 0 aromatic heterocycles. The normalized spacial score (nSPS) is 24.4. The van der Waals surface area contributed by atoms with Gasteiger partial charge in [-0.1, -0.05) is 37.0 Å². The van der Waals surface area contributed by atoms with Crippen LogP contribution in [-0.2, 0) is 4.79 Å². The summed E-state index contributed by atoms with van der Waals surface area (Å²) in [6.45, 7) is 3.87. The second-order valence-corrected chi connectivity index (χ2v) is 6.54. The number of carbonyl (C=O) groups is 1. The molecule has 1 aromatic rings. The van der Waals surface area contributed by atoms with Crippen LogP contribution in [0.1, 0.15) is 25.8 Å². The zero-order valence-electron chi connectivity index (χ0n) is 11.4. The fourth-order valence-electron chi connectivity index (χ4n) is 2.21. The standard InChI is InChI=1S/C15H17Cl2NO2/c1-15(2)12(8-13(15)19)18-14(20)4-3-9-5-10(16)7-11(17)6-9/h3-7,12-13,19H,8H2,1-2H3,(H,18,20)/b4-3+. The third-order valence-electron chi connectivity index (χ3n) is 3.84. The van der Waals surface area contributed by atoms with Crippen molar-refractivity contribution >= 4 is 35.2 Å². The van der Waals surface area contributed by atoms with E-state index in [4.69, 9.17) is 23.2 Å². The SMILES string of the molecule is CC1(C)C(O)CC1NC(=O)/C=C/c1cc(Cl)cc(Cl)c1. The summed E-state index contributed by atoms with van der Waals surface area (Å²) < 4.78 is 0. The highest BCUT2D eigenvalue weighted by atomic mass is 35.5. The summed E-state index contributed by atoms with van der Waals surface area (Å²) in [5.41, 5.74) is 0.494. The molecule has 108 valence electrons. The van der Waals surface area contributed by atoms with Crippen molar-refractivity contribution < 1.29 is 9.90 Å². The third kappa shape index (κ3) is 3.35. The Kier molecular flexibility index (Phi) is 4.43. The van der Waals surface area contributed by atoms with Crippen LogP contribution in [0.25, 0.3) is 6.08 Å². The van der Waals surface area contributed by atoms with E-state index in [-0.39, 0.29) is 23.5 Å². The summed E-state index contributed by atoms with van der Waals surface area (Å²) >= 11 is 11.8. The molecule has 1 aliphatic rings. The number of aliphatic hydroxyl groups excluding tert-OH is 1. The lowest BCUT2D eigenvalue weighted by Crippen LogP contribution is -2.60. The molecule has 0 spiro atoms. The predicted molar refractivity (Wildman–Crippen MR) is 81.8 cm³/mol. The van der Waals surface area contributed by atoms with Crippen molar-refractivity contribution in [3.63, 3.8) is 0 Å². The molecular formula is C15H17Cl2NO2. The van der Waals surface area contributed by atoms with Crippen LogP contribution in [0.3, 0.4) is 0 Å². The molecule has 2 N–H and O–H groups in total. The van der Waals surface area contributed by atoms with Crippen molar-refractivity contribution in [2.24, 2.45) is 5.41 Å². The van der Waals surface area contributed by atoms with Crippen LogP contribution >= 0.6 is 23.2 Å². The molecule has 1 aliphatic carbocycles.